The van der Waals surface area contributed by atoms with Gasteiger partial charge in [-0.05, 0) is 52.9 Å². The highest BCUT2D eigenvalue weighted by molar-refractivity contribution is 6.74. The number of fused-ring (bicyclic) bond motifs is 3. The molecule has 0 unspecified atom stereocenters. The van der Waals surface area contributed by atoms with E-state index in [9.17, 15) is 4.79 Å². The van der Waals surface area contributed by atoms with Gasteiger partial charge in [0.2, 0.25) is 0 Å². The summed E-state index contributed by atoms with van der Waals surface area (Å²) in [6.07, 6.45) is 4.33. The zero-order chi connectivity index (χ0) is 28.8. The Morgan fingerprint density at radius 3 is 2.15 bits per heavy atom. The Labute approximate surface area is 240 Å². The van der Waals surface area contributed by atoms with Crippen molar-refractivity contribution in [3.8, 4) is 16.9 Å². The summed E-state index contributed by atoms with van der Waals surface area (Å²) in [4.78, 5) is 12.8. The summed E-state index contributed by atoms with van der Waals surface area (Å²) >= 11 is 0. The summed E-state index contributed by atoms with van der Waals surface area (Å²) in [5.41, 5.74) is 5.80. The molecule has 4 rings (SSSR count). The van der Waals surface area contributed by atoms with Gasteiger partial charge >= 0.3 is 6.09 Å². The quantitative estimate of drug-likeness (QED) is 0.190. The molecule has 5 nitrogen and oxygen atoms in total. The van der Waals surface area contributed by atoms with Crippen LogP contribution in [-0.2, 0) is 9.16 Å². The van der Waals surface area contributed by atoms with Crippen LogP contribution in [0.2, 0.25) is 18.1 Å². The first kappa shape index (κ1) is 29.6. The van der Waals surface area contributed by atoms with Crippen molar-refractivity contribution < 1.29 is 18.7 Å². The lowest BCUT2D eigenvalue weighted by Gasteiger charge is -2.36. The van der Waals surface area contributed by atoms with Gasteiger partial charge in [-0.25, -0.2) is 4.79 Å². The van der Waals surface area contributed by atoms with Crippen molar-refractivity contribution in [1.82, 2.24) is 5.32 Å². The van der Waals surface area contributed by atoms with Gasteiger partial charge in [0, 0.05) is 11.5 Å². The number of ether oxygens (including phenoxy) is 2. The predicted octanol–water partition coefficient (Wildman–Crippen LogP) is 8.42. The largest absolute Gasteiger partial charge is 0.491 e. The number of nitrogens with one attached hydrogen (secondary N) is 1. The van der Waals surface area contributed by atoms with Crippen molar-refractivity contribution in [2.75, 3.05) is 19.8 Å². The molecule has 0 heterocycles. The molecule has 0 spiro atoms. The third kappa shape index (κ3) is 7.04. The molecule has 1 N–H and O–H groups in total. The van der Waals surface area contributed by atoms with Gasteiger partial charge in [0.1, 0.15) is 19.0 Å². The molecule has 1 aliphatic carbocycles. The molecule has 0 saturated heterocycles. The molecule has 0 saturated carbocycles. The first-order chi connectivity index (χ1) is 19.1. The van der Waals surface area contributed by atoms with Crippen molar-refractivity contribution in [3.63, 3.8) is 0 Å². The average Bonchev–Trinajstić information content (AvgIpc) is 3.25. The second-order valence-electron chi connectivity index (χ2n) is 11.8. The standard InChI is InChI=1S/C34H43NO4Si/c1-7-26(21-20-25-14-8-13-19-32(25)37-22-23-39-40(5,6)34(2,3)4)35-33(36)38-24-31-29-17-11-9-15-27(29)28-16-10-12-18-30(28)31/h8-21,26,31H,7,22-24H2,1-6H3,(H,35,36)/b21-20+/t26-/m1/s1. The molecule has 1 amide bonds. The van der Waals surface area contributed by atoms with Gasteiger partial charge in [0.25, 0.3) is 0 Å². The van der Waals surface area contributed by atoms with Gasteiger partial charge in [-0.3, -0.25) is 0 Å². The molecule has 0 radical (unpaired) electrons. The molecule has 40 heavy (non-hydrogen) atoms. The number of carbonyl (C=O) groups is 1. The van der Waals surface area contributed by atoms with Crippen LogP contribution in [0.25, 0.3) is 17.2 Å². The van der Waals surface area contributed by atoms with Crippen LogP contribution in [0.1, 0.15) is 56.7 Å². The van der Waals surface area contributed by atoms with Crippen LogP contribution in [0.15, 0.2) is 78.9 Å². The Kier molecular flexibility index (Phi) is 9.54. The summed E-state index contributed by atoms with van der Waals surface area (Å²) in [5.74, 6) is 0.840. The lowest BCUT2D eigenvalue weighted by Crippen LogP contribution is -2.41. The minimum atomic E-state index is -1.80. The second-order valence-corrected chi connectivity index (χ2v) is 16.6. The van der Waals surface area contributed by atoms with Crippen LogP contribution in [-0.4, -0.2) is 40.3 Å². The van der Waals surface area contributed by atoms with Crippen molar-refractivity contribution in [3.05, 3.63) is 95.6 Å². The first-order valence-electron chi connectivity index (χ1n) is 14.3. The summed E-state index contributed by atoms with van der Waals surface area (Å²) in [5, 5.41) is 3.18. The highest BCUT2D eigenvalue weighted by Crippen LogP contribution is 2.44. The molecule has 3 aromatic rings. The maximum Gasteiger partial charge on any atom is 0.407 e. The maximum absolute atomic E-state index is 12.8. The van der Waals surface area contributed by atoms with Crippen molar-refractivity contribution >= 4 is 20.5 Å². The van der Waals surface area contributed by atoms with Gasteiger partial charge in [0.15, 0.2) is 8.32 Å². The predicted molar refractivity (Wildman–Crippen MR) is 166 cm³/mol. The minimum absolute atomic E-state index is 0.0402. The summed E-state index contributed by atoms with van der Waals surface area (Å²) in [7, 11) is -1.80. The zero-order valence-corrected chi connectivity index (χ0v) is 25.7. The van der Waals surface area contributed by atoms with Crippen LogP contribution >= 0.6 is 0 Å². The molecular formula is C34H43NO4Si. The molecule has 3 aromatic carbocycles. The number of alkyl carbamates (subject to hydrolysis) is 1. The molecule has 0 aromatic heterocycles. The number of carbonyl (C=O) groups excluding carboxylic acids is 1. The minimum Gasteiger partial charge on any atom is -0.491 e. The first-order valence-corrected chi connectivity index (χ1v) is 17.2. The van der Waals surface area contributed by atoms with Crippen molar-refractivity contribution in [2.24, 2.45) is 0 Å². The molecule has 0 aliphatic heterocycles. The Morgan fingerprint density at radius 1 is 0.925 bits per heavy atom. The number of rotatable bonds is 11. The lowest BCUT2D eigenvalue weighted by atomic mass is 9.98. The average molecular weight is 558 g/mol. The topological polar surface area (TPSA) is 56.8 Å². The molecule has 0 fully saturated rings. The normalized spacial score (nSPS) is 14.1. The number of hydrogen-bond donors (Lipinski definition) is 1. The van der Waals surface area contributed by atoms with E-state index in [2.05, 4.69) is 75.6 Å². The maximum atomic E-state index is 12.8. The smallest absolute Gasteiger partial charge is 0.407 e. The SMILES string of the molecule is CC[C@H](/C=C/c1ccccc1OCCO[Si](C)(C)C(C)(C)C)NC(=O)OCC1c2ccccc2-c2ccccc21. The summed E-state index contributed by atoms with van der Waals surface area (Å²) in [6.45, 7) is 14.6. The Balaban J connectivity index is 1.32. The lowest BCUT2D eigenvalue weighted by molar-refractivity contribution is 0.140. The van der Waals surface area contributed by atoms with E-state index in [0.29, 0.717) is 19.8 Å². The fourth-order valence-corrected chi connectivity index (χ4v) is 5.74. The van der Waals surface area contributed by atoms with E-state index in [1.807, 2.05) is 55.5 Å². The van der Waals surface area contributed by atoms with Crippen LogP contribution in [0.4, 0.5) is 4.79 Å². The van der Waals surface area contributed by atoms with Gasteiger partial charge < -0.3 is 19.2 Å². The third-order valence-corrected chi connectivity index (χ3v) is 12.7. The number of benzene rings is 3. The Bertz CT molecular complexity index is 1280. The molecule has 1 aliphatic rings. The van der Waals surface area contributed by atoms with Gasteiger partial charge in [-0.2, -0.15) is 0 Å². The highest BCUT2D eigenvalue weighted by Gasteiger charge is 2.37. The Hall–Kier alpha value is -3.35. The summed E-state index contributed by atoms with van der Waals surface area (Å²) in [6, 6.07) is 24.5. The van der Waals surface area contributed by atoms with Crippen LogP contribution < -0.4 is 10.1 Å². The van der Waals surface area contributed by atoms with Crippen molar-refractivity contribution in [2.45, 2.75) is 64.2 Å². The van der Waals surface area contributed by atoms with Gasteiger partial charge in [-0.15, -0.1) is 0 Å². The molecule has 212 valence electrons. The van der Waals surface area contributed by atoms with E-state index in [0.717, 1.165) is 17.7 Å². The number of amides is 1. The second kappa shape index (κ2) is 12.9. The molecular weight excluding hydrogens is 514 g/mol. The Morgan fingerprint density at radius 2 is 1.52 bits per heavy atom. The van der Waals surface area contributed by atoms with E-state index in [1.165, 1.54) is 22.3 Å². The fraction of sp³-hybridized carbons (Fsp3) is 0.382. The third-order valence-electron chi connectivity index (χ3n) is 8.12. The number of para-hydroxylation sites is 1. The van der Waals surface area contributed by atoms with Crippen molar-refractivity contribution in [1.29, 1.82) is 0 Å². The monoisotopic (exact) mass is 557 g/mol. The fourth-order valence-electron chi connectivity index (χ4n) is 4.71. The zero-order valence-electron chi connectivity index (χ0n) is 24.7. The summed E-state index contributed by atoms with van der Waals surface area (Å²) < 4.78 is 18.1. The van der Waals surface area contributed by atoms with E-state index >= 15 is 0 Å². The molecule has 1 atom stereocenters. The van der Waals surface area contributed by atoms with Gasteiger partial charge in [0.05, 0.1) is 12.6 Å². The molecule has 6 heteroatoms. The van der Waals surface area contributed by atoms with E-state index < -0.39 is 14.4 Å². The molecule has 0 bridgehead atoms. The highest BCUT2D eigenvalue weighted by atomic mass is 28.4. The van der Waals surface area contributed by atoms with E-state index in [1.54, 1.807) is 0 Å². The van der Waals surface area contributed by atoms with E-state index in [-0.39, 0.29) is 17.0 Å². The van der Waals surface area contributed by atoms with E-state index in [4.69, 9.17) is 13.9 Å². The number of hydrogen-bond acceptors (Lipinski definition) is 4. The van der Waals surface area contributed by atoms with Gasteiger partial charge in [-0.1, -0.05) is 107 Å². The van der Waals surface area contributed by atoms with Crippen LogP contribution in [0.5, 0.6) is 5.75 Å². The van der Waals surface area contributed by atoms with Crippen LogP contribution in [0.3, 0.4) is 0 Å². The van der Waals surface area contributed by atoms with Crippen LogP contribution in [0, 0.1) is 0 Å².